The molecule has 0 aliphatic carbocycles. The smallest absolute Gasteiger partial charge is 0.157 e. The number of aryl methyl sites for hydroxylation is 1. The van der Waals surface area contributed by atoms with Crippen LogP contribution in [0.5, 0.6) is 0 Å². The van der Waals surface area contributed by atoms with Gasteiger partial charge in [-0.2, -0.15) is 0 Å². The van der Waals surface area contributed by atoms with E-state index in [-0.39, 0.29) is 24.0 Å². The summed E-state index contributed by atoms with van der Waals surface area (Å²) < 4.78 is 12.2. The molecule has 0 saturated carbocycles. The number of aromatic nitrogens is 1. The molecule has 7 nitrogen and oxygen atoms in total. The second-order valence-electron chi connectivity index (χ2n) is 11.7. The van der Waals surface area contributed by atoms with Crippen molar-refractivity contribution < 1.29 is 29.9 Å². The Balaban J connectivity index is 1.84. The number of thiazole rings is 1. The second-order valence-corrected chi connectivity index (χ2v) is 12.7. The summed E-state index contributed by atoms with van der Waals surface area (Å²) in [7, 11) is 0. The van der Waals surface area contributed by atoms with Gasteiger partial charge in [0.2, 0.25) is 0 Å². The van der Waals surface area contributed by atoms with Crippen molar-refractivity contribution in [2.45, 2.75) is 123 Å². The molecule has 8 heteroatoms. The highest BCUT2D eigenvalue weighted by molar-refractivity contribution is 7.09. The van der Waals surface area contributed by atoms with Crippen molar-refractivity contribution in [3.63, 3.8) is 0 Å². The molecule has 0 spiro atoms. The predicted molar refractivity (Wildman–Crippen MR) is 138 cm³/mol. The second kappa shape index (κ2) is 11.3. The van der Waals surface area contributed by atoms with E-state index in [1.165, 1.54) is 0 Å². The van der Waals surface area contributed by atoms with Crippen molar-refractivity contribution in [1.82, 2.24) is 4.98 Å². The van der Waals surface area contributed by atoms with E-state index >= 15 is 0 Å². The minimum absolute atomic E-state index is 0.00900. The Kier molecular flexibility index (Phi) is 9.23. The van der Waals surface area contributed by atoms with Gasteiger partial charge in [0.15, 0.2) is 6.29 Å². The van der Waals surface area contributed by atoms with Gasteiger partial charge in [0.1, 0.15) is 0 Å². The summed E-state index contributed by atoms with van der Waals surface area (Å²) in [5.74, 6) is -0.421. The SMILES string of the molecule is C/C(=C\c1csc(C)n1)C1C[C@@H]2O[C@]2(C)CCC[C@H](C)[C@H](O)[C@@H](C)[C@@H](O)C(C)(C)[C@@H](O)C[C@@H](O)O1. The van der Waals surface area contributed by atoms with Crippen LogP contribution in [-0.2, 0) is 9.47 Å². The van der Waals surface area contributed by atoms with Crippen LogP contribution in [-0.4, -0.2) is 67.8 Å². The van der Waals surface area contributed by atoms with Crippen molar-refractivity contribution >= 4 is 17.4 Å². The predicted octanol–water partition coefficient (Wildman–Crippen LogP) is 4.06. The summed E-state index contributed by atoms with van der Waals surface area (Å²) in [5, 5.41) is 46.8. The van der Waals surface area contributed by atoms with Crippen LogP contribution in [0.2, 0.25) is 0 Å². The first-order chi connectivity index (χ1) is 16.2. The molecule has 1 aromatic heterocycles. The highest BCUT2D eigenvalue weighted by Crippen LogP contribution is 2.45. The van der Waals surface area contributed by atoms with Crippen LogP contribution in [0.25, 0.3) is 6.08 Å². The Hall–Kier alpha value is -0.870. The van der Waals surface area contributed by atoms with Gasteiger partial charge in [0.05, 0.1) is 46.8 Å². The quantitative estimate of drug-likeness (QED) is 0.443. The highest BCUT2D eigenvalue weighted by Gasteiger charge is 2.52. The third kappa shape index (κ3) is 6.92. The lowest BCUT2D eigenvalue weighted by Crippen LogP contribution is -2.49. The molecule has 0 amide bonds. The minimum atomic E-state index is -1.22. The molecule has 0 bridgehead atoms. The Morgan fingerprint density at radius 3 is 2.46 bits per heavy atom. The first-order valence-electron chi connectivity index (χ1n) is 12.9. The molecule has 4 N–H and O–H groups in total. The van der Waals surface area contributed by atoms with Crippen LogP contribution >= 0.6 is 11.3 Å². The maximum absolute atomic E-state index is 11.1. The zero-order chi connectivity index (χ0) is 26.1. The number of hydrogen-bond donors (Lipinski definition) is 4. The van der Waals surface area contributed by atoms with Crippen molar-refractivity contribution in [3.05, 3.63) is 21.7 Å². The normalized spacial score (nSPS) is 41.9. The number of ether oxygens (including phenoxy) is 2. The summed E-state index contributed by atoms with van der Waals surface area (Å²) in [6.45, 7) is 13.4. The monoisotopic (exact) mass is 511 g/mol. The first-order valence-corrected chi connectivity index (χ1v) is 13.8. The van der Waals surface area contributed by atoms with Crippen molar-refractivity contribution in [2.75, 3.05) is 0 Å². The van der Waals surface area contributed by atoms with E-state index in [4.69, 9.17) is 9.47 Å². The van der Waals surface area contributed by atoms with E-state index in [2.05, 4.69) is 11.9 Å². The molecular formula is C27H45NO6S. The molecule has 9 atom stereocenters. The molecule has 2 aliphatic rings. The molecule has 1 aromatic rings. The average molecular weight is 512 g/mol. The van der Waals surface area contributed by atoms with Crippen molar-refractivity contribution in [3.8, 4) is 0 Å². The van der Waals surface area contributed by atoms with Gasteiger partial charge in [-0.25, -0.2) is 4.98 Å². The molecule has 2 aliphatic heterocycles. The zero-order valence-electron chi connectivity index (χ0n) is 22.3. The number of fused-ring (bicyclic) bond motifs is 1. The number of nitrogens with zero attached hydrogens (tertiary/aromatic N) is 1. The molecule has 200 valence electrons. The molecule has 3 rings (SSSR count). The van der Waals surface area contributed by atoms with E-state index in [1.54, 1.807) is 25.2 Å². The van der Waals surface area contributed by atoms with Crippen molar-refractivity contribution in [1.29, 1.82) is 0 Å². The van der Waals surface area contributed by atoms with Gasteiger partial charge in [0, 0.05) is 29.6 Å². The summed E-state index contributed by atoms with van der Waals surface area (Å²) in [4.78, 5) is 4.52. The van der Waals surface area contributed by atoms with E-state index < -0.39 is 42.0 Å². The molecule has 2 fully saturated rings. The maximum Gasteiger partial charge on any atom is 0.157 e. The summed E-state index contributed by atoms with van der Waals surface area (Å²) in [5.41, 5.74) is 0.601. The number of aliphatic hydroxyl groups excluding tert-OH is 4. The van der Waals surface area contributed by atoms with Gasteiger partial charge in [0.25, 0.3) is 0 Å². The third-order valence-electron chi connectivity index (χ3n) is 8.30. The summed E-state index contributed by atoms with van der Waals surface area (Å²) in [6, 6.07) is 0. The van der Waals surface area contributed by atoms with Crippen LogP contribution in [0.3, 0.4) is 0 Å². The van der Waals surface area contributed by atoms with E-state index in [9.17, 15) is 20.4 Å². The Bertz CT molecular complexity index is 872. The van der Waals surface area contributed by atoms with Gasteiger partial charge in [-0.15, -0.1) is 11.3 Å². The molecule has 0 aromatic carbocycles. The van der Waals surface area contributed by atoms with Crippen LogP contribution in [0.4, 0.5) is 0 Å². The highest BCUT2D eigenvalue weighted by atomic mass is 32.1. The van der Waals surface area contributed by atoms with Gasteiger partial charge in [-0.1, -0.05) is 34.1 Å². The number of rotatable bonds is 2. The van der Waals surface area contributed by atoms with Crippen LogP contribution in [0.15, 0.2) is 11.0 Å². The lowest BCUT2D eigenvalue weighted by molar-refractivity contribution is -0.169. The van der Waals surface area contributed by atoms with Crippen LogP contribution < -0.4 is 0 Å². The lowest BCUT2D eigenvalue weighted by Gasteiger charge is -2.41. The lowest BCUT2D eigenvalue weighted by atomic mass is 9.71. The molecule has 1 unspecified atom stereocenters. The van der Waals surface area contributed by atoms with Gasteiger partial charge in [-0.05, 0) is 51.2 Å². The molecule has 0 radical (unpaired) electrons. The fourth-order valence-corrected chi connectivity index (χ4v) is 5.96. The summed E-state index contributed by atoms with van der Waals surface area (Å²) >= 11 is 1.58. The number of hydrogen-bond acceptors (Lipinski definition) is 8. The van der Waals surface area contributed by atoms with Crippen molar-refractivity contribution in [2.24, 2.45) is 17.3 Å². The summed E-state index contributed by atoms with van der Waals surface area (Å²) in [6.07, 6.45) is 0.845. The first kappa shape index (κ1) is 28.7. The third-order valence-corrected chi connectivity index (χ3v) is 9.10. The van der Waals surface area contributed by atoms with Crippen LogP contribution in [0.1, 0.15) is 84.3 Å². The largest absolute Gasteiger partial charge is 0.392 e. The maximum atomic E-state index is 11.1. The molecule has 3 heterocycles. The molecule has 2 saturated heterocycles. The topological polar surface area (TPSA) is 116 Å². The fraction of sp³-hybridized carbons (Fsp3) is 0.815. The van der Waals surface area contributed by atoms with E-state index in [1.807, 2.05) is 39.2 Å². The van der Waals surface area contributed by atoms with E-state index in [0.29, 0.717) is 6.42 Å². The Morgan fingerprint density at radius 2 is 1.83 bits per heavy atom. The minimum Gasteiger partial charge on any atom is -0.392 e. The Labute approximate surface area is 214 Å². The van der Waals surface area contributed by atoms with Gasteiger partial charge < -0.3 is 29.9 Å². The van der Waals surface area contributed by atoms with Crippen LogP contribution in [0, 0.1) is 24.2 Å². The number of epoxide rings is 1. The van der Waals surface area contributed by atoms with Gasteiger partial charge in [-0.3, -0.25) is 0 Å². The Morgan fingerprint density at radius 1 is 1.14 bits per heavy atom. The molecular weight excluding hydrogens is 466 g/mol. The zero-order valence-corrected chi connectivity index (χ0v) is 23.1. The molecule has 35 heavy (non-hydrogen) atoms. The standard InChI is InChI=1S/C27H45NO6S/c1-15-9-8-10-27(7)22(34-27)12-20(16(2)11-19-14-35-18(4)28-19)33-23(30)13-21(29)26(5,6)25(32)17(3)24(15)31/h11,14-15,17,20-25,29-32H,8-10,12-13H2,1-7H3/b16-11+/t15-,17+,20?,21-,22-,23-,24-,25+,27+/m0/s1. The van der Waals surface area contributed by atoms with Gasteiger partial charge >= 0.3 is 0 Å². The average Bonchev–Trinajstić information content (AvgIpc) is 3.22. The number of aliphatic hydroxyl groups is 4. The van der Waals surface area contributed by atoms with E-state index in [0.717, 1.165) is 35.5 Å². The fourth-order valence-electron chi connectivity index (χ4n) is 5.39.